The van der Waals surface area contributed by atoms with E-state index in [1.807, 2.05) is 45.9 Å². The van der Waals surface area contributed by atoms with Gasteiger partial charge in [-0.05, 0) is 89.2 Å². The molecule has 2 heterocycles. The van der Waals surface area contributed by atoms with Crippen LogP contribution in [0.4, 0.5) is 36.2 Å². The second-order valence-corrected chi connectivity index (χ2v) is 17.1. The van der Waals surface area contributed by atoms with E-state index in [1.165, 1.54) is 19.4 Å². The van der Waals surface area contributed by atoms with Crippen LogP contribution in [0.2, 0.25) is 0 Å². The normalized spacial score (nSPS) is 13.8. The Kier molecular flexibility index (Phi) is 12.5. The number of aromatic nitrogens is 2. The monoisotopic (exact) mass is 833 g/mol. The lowest BCUT2D eigenvalue weighted by Crippen LogP contribution is -2.41. The smallest absolute Gasteiger partial charge is 0.416 e. The number of amides is 2. The first-order valence-electron chi connectivity index (χ1n) is 18.7. The number of alkyl halides is 3. The van der Waals surface area contributed by atoms with Crippen molar-refractivity contribution >= 4 is 55.8 Å². The number of halogens is 3. The van der Waals surface area contributed by atoms with E-state index in [0.29, 0.717) is 49.3 Å². The summed E-state index contributed by atoms with van der Waals surface area (Å²) in [5.41, 5.74) is 2.88. The highest BCUT2D eigenvalue weighted by atomic mass is 32.2. The molecule has 6 rings (SSSR count). The standard InChI is InChI=1S/C42H46F3N7O6S/c1-25-7-8-27(39(54)49-35-22-30(41(2,3)4)23-36(37(35)57-5)51-59(6,55)56)20-33(25)26-9-10-34-29(17-26)24-47-40(50-34)48-32-19-28(18-31(21-32)42(43,44)45)38(53)46-11-12-52-13-15-58-16-14-52/h7-10,17-24,51H,11-16H2,1-6H3,(H,46,53)(H,49,54)(H,47,48,50). The molecule has 1 aliphatic heterocycles. The van der Waals surface area contributed by atoms with Crippen molar-refractivity contribution in [2.75, 3.05) is 68.1 Å². The van der Waals surface area contributed by atoms with E-state index >= 15 is 0 Å². The number of hydrogen-bond donors (Lipinski definition) is 4. The number of aryl methyl sites for hydroxylation is 1. The second-order valence-electron chi connectivity index (χ2n) is 15.3. The fourth-order valence-electron chi connectivity index (χ4n) is 6.56. The van der Waals surface area contributed by atoms with Gasteiger partial charge in [-0.15, -0.1) is 0 Å². The molecule has 0 radical (unpaired) electrons. The Morgan fingerprint density at radius 2 is 1.63 bits per heavy atom. The molecule has 13 nitrogen and oxygen atoms in total. The van der Waals surface area contributed by atoms with Crippen LogP contribution in [-0.2, 0) is 26.4 Å². The Hall–Kier alpha value is -5.78. The quantitative estimate of drug-likeness (QED) is 0.0999. The van der Waals surface area contributed by atoms with Crippen molar-refractivity contribution in [2.45, 2.75) is 39.3 Å². The van der Waals surface area contributed by atoms with Crippen LogP contribution in [0.3, 0.4) is 0 Å². The third kappa shape index (κ3) is 10.8. The number of nitrogens with one attached hydrogen (secondary N) is 4. The first-order valence-corrected chi connectivity index (χ1v) is 20.6. The van der Waals surface area contributed by atoms with Crippen LogP contribution in [-0.4, -0.2) is 87.9 Å². The fourth-order valence-corrected chi connectivity index (χ4v) is 7.11. The molecule has 4 aromatic carbocycles. The summed E-state index contributed by atoms with van der Waals surface area (Å²) >= 11 is 0. The number of rotatable bonds is 12. The molecular formula is C42H46F3N7O6S. The molecule has 0 bridgehead atoms. The molecule has 1 aromatic heterocycles. The van der Waals surface area contributed by atoms with E-state index in [0.717, 1.165) is 40.6 Å². The molecular weight excluding hydrogens is 788 g/mol. The molecule has 0 spiro atoms. The van der Waals surface area contributed by atoms with Crippen LogP contribution >= 0.6 is 0 Å². The second kappa shape index (κ2) is 17.2. The van der Waals surface area contributed by atoms with E-state index in [2.05, 4.69) is 35.5 Å². The van der Waals surface area contributed by atoms with Gasteiger partial charge < -0.3 is 25.4 Å². The highest BCUT2D eigenvalue weighted by Crippen LogP contribution is 2.40. The van der Waals surface area contributed by atoms with E-state index in [4.69, 9.17) is 9.47 Å². The Bertz CT molecular complexity index is 2500. The predicted molar refractivity (Wildman–Crippen MR) is 222 cm³/mol. The SMILES string of the molecule is COc1c(NC(=O)c2ccc(C)c(-c3ccc4nc(Nc5cc(C(=O)NCCN6CCOCC6)cc(C(F)(F)F)c5)ncc4c3)c2)cc(C(C)(C)C)cc1NS(C)(=O)=O. The minimum atomic E-state index is -4.71. The zero-order valence-electron chi connectivity index (χ0n) is 33.5. The first-order chi connectivity index (χ1) is 27.8. The van der Waals surface area contributed by atoms with E-state index in [-0.39, 0.29) is 40.9 Å². The van der Waals surface area contributed by atoms with Crippen molar-refractivity contribution in [3.05, 3.63) is 101 Å². The van der Waals surface area contributed by atoms with Gasteiger partial charge in [-0.1, -0.05) is 32.9 Å². The maximum atomic E-state index is 13.9. The molecule has 5 aromatic rings. The summed E-state index contributed by atoms with van der Waals surface area (Å²) in [5.74, 6) is -0.911. The number of carbonyl (C=O) groups is 2. The molecule has 17 heteroatoms. The molecule has 1 aliphatic rings. The van der Waals surface area contributed by atoms with Crippen LogP contribution in [0.25, 0.3) is 22.0 Å². The van der Waals surface area contributed by atoms with Gasteiger partial charge in [-0.3, -0.25) is 19.2 Å². The van der Waals surface area contributed by atoms with E-state index < -0.39 is 39.0 Å². The lowest BCUT2D eigenvalue weighted by atomic mass is 9.86. The van der Waals surface area contributed by atoms with Gasteiger partial charge >= 0.3 is 6.18 Å². The number of ether oxygens (including phenoxy) is 2. The van der Waals surface area contributed by atoms with E-state index in [1.54, 1.807) is 30.3 Å². The predicted octanol–water partition coefficient (Wildman–Crippen LogP) is 7.36. The van der Waals surface area contributed by atoms with Crippen molar-refractivity contribution in [2.24, 2.45) is 0 Å². The van der Waals surface area contributed by atoms with Crippen molar-refractivity contribution in [3.8, 4) is 16.9 Å². The van der Waals surface area contributed by atoms with Crippen molar-refractivity contribution in [1.29, 1.82) is 0 Å². The third-order valence-corrected chi connectivity index (χ3v) is 10.3. The molecule has 0 aliphatic carbocycles. The van der Waals surface area contributed by atoms with Crippen LogP contribution in [0.1, 0.15) is 58.2 Å². The van der Waals surface area contributed by atoms with Crippen molar-refractivity contribution in [3.63, 3.8) is 0 Å². The summed E-state index contributed by atoms with van der Waals surface area (Å²) in [7, 11) is -2.28. The van der Waals surface area contributed by atoms with Gasteiger partial charge in [0.25, 0.3) is 11.8 Å². The number of carbonyl (C=O) groups excluding carboxylic acids is 2. The van der Waals surface area contributed by atoms with E-state index in [9.17, 15) is 31.2 Å². The summed E-state index contributed by atoms with van der Waals surface area (Å²) in [5, 5.41) is 9.06. The van der Waals surface area contributed by atoms with Gasteiger partial charge in [0.1, 0.15) is 0 Å². The number of methoxy groups -OCH3 is 1. The summed E-state index contributed by atoms with van der Waals surface area (Å²) in [6.45, 7) is 11.2. The number of anilines is 4. The van der Waals surface area contributed by atoms with Gasteiger partial charge in [-0.2, -0.15) is 13.2 Å². The number of fused-ring (bicyclic) bond motifs is 1. The van der Waals surface area contributed by atoms with Crippen LogP contribution in [0.15, 0.2) is 72.9 Å². The topological polar surface area (TPSA) is 164 Å². The lowest BCUT2D eigenvalue weighted by molar-refractivity contribution is -0.137. The van der Waals surface area contributed by atoms with Crippen molar-refractivity contribution in [1.82, 2.24) is 20.2 Å². The molecule has 59 heavy (non-hydrogen) atoms. The molecule has 0 unspecified atom stereocenters. The Balaban J connectivity index is 1.22. The zero-order valence-corrected chi connectivity index (χ0v) is 34.3. The summed E-state index contributed by atoms with van der Waals surface area (Å²) < 4.78 is 79.5. The molecule has 0 saturated carbocycles. The Morgan fingerprint density at radius 3 is 2.31 bits per heavy atom. The van der Waals surface area contributed by atoms with Crippen molar-refractivity contribution < 1.29 is 40.7 Å². The summed E-state index contributed by atoms with van der Waals surface area (Å²) in [6.07, 6.45) is -2.14. The molecule has 4 N–H and O–H groups in total. The fraction of sp³-hybridized carbons (Fsp3) is 0.333. The molecule has 1 saturated heterocycles. The number of benzene rings is 4. The highest BCUT2D eigenvalue weighted by molar-refractivity contribution is 7.92. The van der Waals surface area contributed by atoms with Crippen LogP contribution < -0.4 is 25.4 Å². The molecule has 1 fully saturated rings. The van der Waals surface area contributed by atoms with Gasteiger partial charge in [0.05, 0.1) is 49.0 Å². The Morgan fingerprint density at radius 1 is 0.898 bits per heavy atom. The third-order valence-electron chi connectivity index (χ3n) is 9.69. The summed E-state index contributed by atoms with van der Waals surface area (Å²) in [4.78, 5) is 37.7. The minimum Gasteiger partial charge on any atom is -0.492 e. The maximum absolute atomic E-state index is 13.9. The molecule has 2 amide bonds. The number of nitrogens with zero attached hydrogens (tertiary/aromatic N) is 3. The average Bonchev–Trinajstić information content (AvgIpc) is 3.16. The number of morpholine rings is 1. The maximum Gasteiger partial charge on any atom is 0.416 e. The van der Waals surface area contributed by atoms with Gasteiger partial charge in [0, 0.05) is 54.6 Å². The number of hydrogen-bond acceptors (Lipinski definition) is 10. The average molecular weight is 834 g/mol. The highest BCUT2D eigenvalue weighted by Gasteiger charge is 2.32. The minimum absolute atomic E-state index is 0.00882. The largest absolute Gasteiger partial charge is 0.492 e. The molecule has 0 atom stereocenters. The van der Waals surface area contributed by atoms with Crippen LogP contribution in [0.5, 0.6) is 5.75 Å². The van der Waals surface area contributed by atoms with Gasteiger partial charge in [0.2, 0.25) is 16.0 Å². The van der Waals surface area contributed by atoms with Gasteiger partial charge in [-0.25, -0.2) is 18.4 Å². The van der Waals surface area contributed by atoms with Gasteiger partial charge in [0.15, 0.2) is 5.75 Å². The lowest BCUT2D eigenvalue weighted by Gasteiger charge is -2.26. The zero-order chi connectivity index (χ0) is 42.7. The van der Waals surface area contributed by atoms with Crippen LogP contribution in [0, 0.1) is 6.92 Å². The first kappa shape index (κ1) is 42.8. The number of sulfonamides is 1. The molecule has 312 valence electrons. The Labute approximate surface area is 340 Å². The summed E-state index contributed by atoms with van der Waals surface area (Å²) in [6, 6.07) is 17.1.